The van der Waals surface area contributed by atoms with Gasteiger partial charge in [0.1, 0.15) is 23.0 Å². The molecule has 0 bridgehead atoms. The van der Waals surface area contributed by atoms with Crippen molar-refractivity contribution in [2.45, 2.75) is 0 Å². The third kappa shape index (κ3) is 2.04. The number of nitrogens with two attached hydrogens (primary N) is 1. The Kier molecular flexibility index (Phi) is 2.68. The van der Waals surface area contributed by atoms with E-state index in [1.807, 2.05) is 0 Å². The lowest BCUT2D eigenvalue weighted by atomic mass is 10.1. The Bertz CT molecular complexity index is 782. The first-order chi connectivity index (χ1) is 9.04. The fourth-order valence-electron chi connectivity index (χ4n) is 1.90. The summed E-state index contributed by atoms with van der Waals surface area (Å²) in [6.45, 7) is 0. The maximum Gasteiger partial charge on any atom is 0.147 e. The summed E-state index contributed by atoms with van der Waals surface area (Å²) < 4.78 is 32.7. The van der Waals surface area contributed by atoms with Crippen LogP contribution < -0.4 is 5.73 Å². The zero-order valence-electron chi connectivity index (χ0n) is 9.58. The molecule has 0 aliphatic rings. The summed E-state index contributed by atoms with van der Waals surface area (Å²) in [6, 6.07) is 8.59. The van der Waals surface area contributed by atoms with Crippen LogP contribution in [-0.4, -0.2) is 0 Å². The zero-order valence-corrected chi connectivity index (χ0v) is 10.3. The first-order valence-electron chi connectivity index (χ1n) is 5.48. The predicted molar refractivity (Wildman–Crippen MR) is 71.0 cm³/mol. The van der Waals surface area contributed by atoms with Gasteiger partial charge in [0, 0.05) is 16.5 Å². The summed E-state index contributed by atoms with van der Waals surface area (Å²) >= 11 is 5.86. The second kappa shape index (κ2) is 4.24. The smallest absolute Gasteiger partial charge is 0.147 e. The van der Waals surface area contributed by atoms with Crippen molar-refractivity contribution in [2.75, 3.05) is 5.73 Å². The number of halogens is 3. The van der Waals surface area contributed by atoms with E-state index in [4.69, 9.17) is 21.8 Å². The van der Waals surface area contributed by atoms with Gasteiger partial charge in [-0.15, -0.1) is 0 Å². The van der Waals surface area contributed by atoms with Crippen LogP contribution in [-0.2, 0) is 0 Å². The molecule has 3 rings (SSSR count). The average Bonchev–Trinajstić information content (AvgIpc) is 2.76. The molecule has 0 saturated heterocycles. The minimum Gasteiger partial charge on any atom is -0.456 e. The summed E-state index contributed by atoms with van der Waals surface area (Å²) in [5, 5.41) is 1.27. The molecule has 5 heteroatoms. The third-order valence-electron chi connectivity index (χ3n) is 2.83. The van der Waals surface area contributed by atoms with Gasteiger partial charge in [-0.25, -0.2) is 8.78 Å². The molecule has 0 amide bonds. The molecule has 0 spiro atoms. The van der Waals surface area contributed by atoms with Crippen LogP contribution in [0.4, 0.5) is 14.5 Å². The van der Waals surface area contributed by atoms with Crippen LogP contribution >= 0.6 is 11.6 Å². The van der Waals surface area contributed by atoms with Gasteiger partial charge >= 0.3 is 0 Å². The number of fused-ring (bicyclic) bond motifs is 1. The Morgan fingerprint density at radius 1 is 1.00 bits per heavy atom. The van der Waals surface area contributed by atoms with Gasteiger partial charge in [0.05, 0.1) is 11.3 Å². The lowest BCUT2D eigenvalue weighted by Gasteiger charge is -2.02. The molecule has 2 aromatic carbocycles. The summed E-state index contributed by atoms with van der Waals surface area (Å²) in [5.74, 6) is -1.09. The van der Waals surface area contributed by atoms with Crippen LogP contribution in [0.1, 0.15) is 0 Å². The summed E-state index contributed by atoms with van der Waals surface area (Å²) in [5.41, 5.74) is 5.64. The fourth-order valence-corrected chi connectivity index (χ4v) is 2.08. The first kappa shape index (κ1) is 12.0. The highest BCUT2D eigenvalue weighted by Crippen LogP contribution is 2.32. The standard InChI is InChI=1S/C14H8ClF2NO/c15-8-1-2-13-7(3-8)4-14(19-13)9-5-11(17)12(18)6-10(9)16/h1-6H,18H2. The van der Waals surface area contributed by atoms with Crippen molar-refractivity contribution in [3.8, 4) is 11.3 Å². The van der Waals surface area contributed by atoms with Crippen molar-refractivity contribution in [2.24, 2.45) is 0 Å². The summed E-state index contributed by atoms with van der Waals surface area (Å²) in [7, 11) is 0. The molecule has 0 aliphatic heterocycles. The normalized spacial score (nSPS) is 11.1. The molecule has 0 atom stereocenters. The average molecular weight is 280 g/mol. The third-order valence-corrected chi connectivity index (χ3v) is 3.07. The van der Waals surface area contributed by atoms with Gasteiger partial charge in [-0.2, -0.15) is 0 Å². The molecule has 0 saturated carbocycles. The maximum atomic E-state index is 13.8. The SMILES string of the molecule is Nc1cc(F)c(-c2cc3cc(Cl)ccc3o2)cc1F. The Hall–Kier alpha value is -2.07. The topological polar surface area (TPSA) is 39.2 Å². The molecule has 0 radical (unpaired) electrons. The van der Waals surface area contributed by atoms with E-state index in [1.54, 1.807) is 24.3 Å². The molecular weight excluding hydrogens is 272 g/mol. The maximum absolute atomic E-state index is 13.8. The van der Waals surface area contributed by atoms with Crippen LogP contribution in [0.3, 0.4) is 0 Å². The number of benzene rings is 2. The van der Waals surface area contributed by atoms with Crippen molar-refractivity contribution in [3.05, 3.63) is 53.1 Å². The molecule has 1 aromatic heterocycles. The summed E-state index contributed by atoms with van der Waals surface area (Å²) in [6.07, 6.45) is 0. The van der Waals surface area contributed by atoms with Crippen molar-refractivity contribution in [3.63, 3.8) is 0 Å². The Morgan fingerprint density at radius 3 is 2.58 bits per heavy atom. The van der Waals surface area contributed by atoms with E-state index < -0.39 is 11.6 Å². The van der Waals surface area contributed by atoms with Gasteiger partial charge in [0.25, 0.3) is 0 Å². The molecule has 19 heavy (non-hydrogen) atoms. The number of hydrogen-bond acceptors (Lipinski definition) is 2. The van der Waals surface area contributed by atoms with E-state index in [-0.39, 0.29) is 17.0 Å². The second-order valence-electron chi connectivity index (χ2n) is 4.15. The minimum absolute atomic E-state index is 0.0269. The molecule has 2 N–H and O–H groups in total. The molecule has 0 fully saturated rings. The van der Waals surface area contributed by atoms with Gasteiger partial charge < -0.3 is 10.2 Å². The van der Waals surface area contributed by atoms with E-state index in [2.05, 4.69) is 0 Å². The first-order valence-corrected chi connectivity index (χ1v) is 5.86. The Labute approximate surface area is 112 Å². The van der Waals surface area contributed by atoms with Gasteiger partial charge in [-0.3, -0.25) is 0 Å². The highest BCUT2D eigenvalue weighted by atomic mass is 35.5. The second-order valence-corrected chi connectivity index (χ2v) is 4.58. The van der Waals surface area contributed by atoms with Crippen LogP contribution in [0.2, 0.25) is 5.02 Å². The van der Waals surface area contributed by atoms with E-state index in [0.29, 0.717) is 10.6 Å². The largest absolute Gasteiger partial charge is 0.456 e. The van der Waals surface area contributed by atoms with Crippen LogP contribution in [0.15, 0.2) is 40.8 Å². The lowest BCUT2D eigenvalue weighted by Crippen LogP contribution is -1.93. The van der Waals surface area contributed by atoms with Crippen molar-refractivity contribution in [1.29, 1.82) is 0 Å². The monoisotopic (exact) mass is 279 g/mol. The van der Waals surface area contributed by atoms with E-state index >= 15 is 0 Å². The predicted octanol–water partition coefficient (Wildman–Crippen LogP) is 4.61. The number of furan rings is 1. The zero-order chi connectivity index (χ0) is 13.6. The molecule has 3 aromatic rings. The molecule has 0 aliphatic carbocycles. The molecule has 0 unspecified atom stereocenters. The lowest BCUT2D eigenvalue weighted by molar-refractivity contribution is 0.588. The van der Waals surface area contributed by atoms with Crippen LogP contribution in [0.25, 0.3) is 22.3 Å². The van der Waals surface area contributed by atoms with Gasteiger partial charge in [0.2, 0.25) is 0 Å². The fraction of sp³-hybridized carbons (Fsp3) is 0. The minimum atomic E-state index is -0.685. The van der Waals surface area contributed by atoms with Gasteiger partial charge in [0.15, 0.2) is 0 Å². The number of rotatable bonds is 1. The van der Waals surface area contributed by atoms with E-state index in [9.17, 15) is 8.78 Å². The van der Waals surface area contributed by atoms with Crippen LogP contribution in [0.5, 0.6) is 0 Å². The van der Waals surface area contributed by atoms with Crippen molar-refractivity contribution >= 4 is 28.3 Å². The van der Waals surface area contributed by atoms with Crippen molar-refractivity contribution in [1.82, 2.24) is 0 Å². The van der Waals surface area contributed by atoms with E-state index in [1.165, 1.54) is 0 Å². The highest BCUT2D eigenvalue weighted by molar-refractivity contribution is 6.31. The number of hydrogen-bond donors (Lipinski definition) is 1. The number of anilines is 1. The molecule has 96 valence electrons. The molecule has 2 nitrogen and oxygen atoms in total. The quantitative estimate of drug-likeness (QED) is 0.661. The van der Waals surface area contributed by atoms with Crippen LogP contribution in [0, 0.1) is 11.6 Å². The highest BCUT2D eigenvalue weighted by Gasteiger charge is 2.14. The Morgan fingerprint density at radius 2 is 1.79 bits per heavy atom. The number of nitrogen functional groups attached to an aromatic ring is 1. The van der Waals surface area contributed by atoms with Crippen molar-refractivity contribution < 1.29 is 13.2 Å². The van der Waals surface area contributed by atoms with Gasteiger partial charge in [-0.1, -0.05) is 11.6 Å². The Balaban J connectivity index is 2.21. The van der Waals surface area contributed by atoms with Gasteiger partial charge in [-0.05, 0) is 30.3 Å². The molecule has 1 heterocycles. The van der Waals surface area contributed by atoms with E-state index in [0.717, 1.165) is 17.5 Å². The molecular formula is C14H8ClF2NO. The summed E-state index contributed by atoms with van der Waals surface area (Å²) in [4.78, 5) is 0.